The van der Waals surface area contributed by atoms with E-state index < -0.39 is 8.07 Å². The maximum Gasteiger partial charge on any atom is 0.260 e. The summed E-state index contributed by atoms with van der Waals surface area (Å²) in [6.07, 6.45) is 0. The van der Waals surface area contributed by atoms with Gasteiger partial charge in [0, 0.05) is 5.46 Å². The molecule has 0 radical (unpaired) electrons. The third-order valence-electron chi connectivity index (χ3n) is 8.60. The van der Waals surface area contributed by atoms with E-state index in [0.717, 1.165) is 38.8 Å². The fourth-order valence-corrected chi connectivity index (χ4v) is 11.8. The van der Waals surface area contributed by atoms with Crippen molar-refractivity contribution in [1.29, 1.82) is 5.26 Å². The Morgan fingerprint density at radius 1 is 0.524 bits per heavy atom. The normalized spacial score (nSPS) is 12.6. The summed E-state index contributed by atoms with van der Waals surface area (Å²) in [7, 11) is -3.04. The molecule has 0 amide bonds. The SMILES string of the molecule is N#Cc1c([Si](c2ccccc2)(c2ccccc2)c2ccccc2)cc2c3c1Oc1ccccc1B3c1ccccc1O2. The Hall–Kier alpha value is -5.31. The molecular weight excluding hydrogens is 529 g/mol. The van der Waals surface area contributed by atoms with Crippen molar-refractivity contribution >= 4 is 51.9 Å². The first-order valence-electron chi connectivity index (χ1n) is 14.1. The van der Waals surface area contributed by atoms with Crippen molar-refractivity contribution in [2.75, 3.05) is 0 Å². The first-order chi connectivity index (χ1) is 20.8. The van der Waals surface area contributed by atoms with Crippen LogP contribution >= 0.6 is 0 Å². The van der Waals surface area contributed by atoms with E-state index in [1.165, 1.54) is 15.6 Å². The number of nitrogens with zero attached hydrogens (tertiary/aromatic N) is 1. The molecule has 0 aromatic heterocycles. The van der Waals surface area contributed by atoms with Gasteiger partial charge in [0.2, 0.25) is 0 Å². The zero-order valence-corrected chi connectivity index (χ0v) is 23.7. The summed E-state index contributed by atoms with van der Waals surface area (Å²) in [5.74, 6) is 2.96. The average molecular weight is 554 g/mol. The molecule has 0 bridgehead atoms. The number of nitriles is 1. The predicted octanol–water partition coefficient (Wildman–Crippen LogP) is 3.66. The van der Waals surface area contributed by atoms with E-state index in [1.807, 2.05) is 54.6 Å². The second kappa shape index (κ2) is 9.66. The molecule has 8 rings (SSSR count). The van der Waals surface area contributed by atoms with E-state index in [1.54, 1.807) is 0 Å². The van der Waals surface area contributed by atoms with Crippen LogP contribution in [0.25, 0.3) is 0 Å². The number of hydrogen-bond acceptors (Lipinski definition) is 3. The number of rotatable bonds is 4. The fourth-order valence-electron chi connectivity index (χ4n) is 6.88. The molecule has 2 aliphatic heterocycles. The third-order valence-corrected chi connectivity index (χ3v) is 13.4. The van der Waals surface area contributed by atoms with Gasteiger partial charge in [-0.25, -0.2) is 0 Å². The van der Waals surface area contributed by atoms with Crippen molar-refractivity contribution in [2.45, 2.75) is 0 Å². The van der Waals surface area contributed by atoms with Crippen molar-refractivity contribution in [3.63, 3.8) is 0 Å². The highest BCUT2D eigenvalue weighted by Crippen LogP contribution is 2.36. The van der Waals surface area contributed by atoms with Crippen LogP contribution in [0.3, 0.4) is 0 Å². The number of ether oxygens (including phenoxy) is 2. The Morgan fingerprint density at radius 3 is 1.48 bits per heavy atom. The van der Waals surface area contributed by atoms with Crippen molar-refractivity contribution in [1.82, 2.24) is 0 Å². The molecule has 2 aliphatic rings. The van der Waals surface area contributed by atoms with E-state index in [9.17, 15) is 5.26 Å². The molecule has 0 saturated carbocycles. The van der Waals surface area contributed by atoms with E-state index in [0.29, 0.717) is 11.3 Å². The Morgan fingerprint density at radius 2 is 0.976 bits per heavy atom. The van der Waals surface area contributed by atoms with Crippen molar-refractivity contribution in [2.24, 2.45) is 0 Å². The van der Waals surface area contributed by atoms with Gasteiger partial charge in [-0.1, -0.05) is 127 Å². The molecule has 0 N–H and O–H groups in total. The van der Waals surface area contributed by atoms with Gasteiger partial charge in [0.15, 0.2) is 8.07 Å². The van der Waals surface area contributed by atoms with Crippen LogP contribution in [-0.4, -0.2) is 14.8 Å². The van der Waals surface area contributed by atoms with Gasteiger partial charge in [-0.3, -0.25) is 0 Å². The highest BCUT2D eigenvalue weighted by atomic mass is 28.3. The van der Waals surface area contributed by atoms with Crippen LogP contribution in [-0.2, 0) is 0 Å². The summed E-state index contributed by atoms with van der Waals surface area (Å²) in [6.45, 7) is -0.0905. The summed E-state index contributed by atoms with van der Waals surface area (Å²) >= 11 is 0. The molecule has 5 heteroatoms. The van der Waals surface area contributed by atoms with Crippen molar-refractivity contribution in [3.8, 4) is 29.1 Å². The van der Waals surface area contributed by atoms with E-state index in [-0.39, 0.29) is 6.71 Å². The molecular formula is C37H24BNO2Si. The van der Waals surface area contributed by atoms with Crippen LogP contribution in [0.15, 0.2) is 146 Å². The smallest absolute Gasteiger partial charge is 0.260 e. The Labute approximate surface area is 246 Å². The number of para-hydroxylation sites is 2. The van der Waals surface area contributed by atoms with Crippen molar-refractivity contribution in [3.05, 3.63) is 151 Å². The molecule has 0 fully saturated rings. The second-order valence-electron chi connectivity index (χ2n) is 10.7. The minimum atomic E-state index is -3.04. The summed E-state index contributed by atoms with van der Waals surface area (Å²) in [5.41, 5.74) is 3.65. The van der Waals surface area contributed by atoms with Crippen LogP contribution in [0.5, 0.6) is 23.0 Å². The summed E-state index contributed by atoms with van der Waals surface area (Å²) in [6, 6.07) is 53.0. The maximum atomic E-state index is 11.0. The molecule has 2 heterocycles. The Balaban J connectivity index is 1.53. The van der Waals surface area contributed by atoms with E-state index >= 15 is 0 Å². The molecule has 42 heavy (non-hydrogen) atoms. The van der Waals surface area contributed by atoms with Gasteiger partial charge in [0.25, 0.3) is 6.71 Å². The highest BCUT2D eigenvalue weighted by Gasteiger charge is 2.48. The molecule has 6 aromatic carbocycles. The van der Waals surface area contributed by atoms with Crippen LogP contribution < -0.4 is 46.6 Å². The van der Waals surface area contributed by atoms with Gasteiger partial charge in [0.05, 0.1) is 5.56 Å². The lowest BCUT2D eigenvalue weighted by atomic mass is 9.34. The predicted molar refractivity (Wildman–Crippen MR) is 172 cm³/mol. The molecule has 3 nitrogen and oxygen atoms in total. The lowest BCUT2D eigenvalue weighted by Gasteiger charge is -2.38. The maximum absolute atomic E-state index is 11.0. The van der Waals surface area contributed by atoms with Gasteiger partial charge in [-0.05, 0) is 49.9 Å². The fraction of sp³-hybridized carbons (Fsp3) is 0. The van der Waals surface area contributed by atoms with Crippen molar-refractivity contribution < 1.29 is 9.47 Å². The molecule has 6 aromatic rings. The first-order valence-corrected chi connectivity index (χ1v) is 16.1. The average Bonchev–Trinajstić information content (AvgIpc) is 3.06. The minimum Gasteiger partial charge on any atom is -0.458 e. The van der Waals surface area contributed by atoms with E-state index in [2.05, 4.69) is 97.1 Å². The lowest BCUT2D eigenvalue weighted by molar-refractivity contribution is 0.464. The molecule has 0 saturated heterocycles. The van der Waals surface area contributed by atoms with Crippen LogP contribution in [0.1, 0.15) is 5.56 Å². The third kappa shape index (κ3) is 3.46. The zero-order valence-electron chi connectivity index (χ0n) is 22.7. The first kappa shape index (κ1) is 24.5. The van der Waals surface area contributed by atoms with Crippen LogP contribution in [0.4, 0.5) is 0 Å². The highest BCUT2D eigenvalue weighted by molar-refractivity contribution is 7.20. The van der Waals surface area contributed by atoms with Gasteiger partial charge in [-0.2, -0.15) is 5.26 Å². The number of benzene rings is 6. The Kier molecular flexibility index (Phi) is 5.63. The lowest BCUT2D eigenvalue weighted by Crippen LogP contribution is -2.75. The standard InChI is InChI=1S/C37H24BNO2Si/c39-25-29-35(42(26-14-4-1-5-15-26,27-16-6-2-7-17-27)28-18-8-3-9-19-28)24-34-36-37(29)41-33-23-13-11-21-31(33)38(36)30-20-10-12-22-32(30)40-34/h1-24H. The number of hydrogen-bond donors (Lipinski definition) is 0. The molecule has 196 valence electrons. The van der Waals surface area contributed by atoms with E-state index in [4.69, 9.17) is 9.47 Å². The van der Waals surface area contributed by atoms with Gasteiger partial charge in [0.1, 0.15) is 29.1 Å². The summed E-state index contributed by atoms with van der Waals surface area (Å²) < 4.78 is 13.4. The largest absolute Gasteiger partial charge is 0.458 e. The van der Waals surface area contributed by atoms with Crippen LogP contribution in [0, 0.1) is 11.3 Å². The topological polar surface area (TPSA) is 42.2 Å². The quantitative estimate of drug-likeness (QED) is 0.247. The zero-order chi connectivity index (χ0) is 28.1. The molecule has 0 spiro atoms. The van der Waals surface area contributed by atoms with Crippen LogP contribution in [0.2, 0.25) is 0 Å². The molecule has 0 aliphatic carbocycles. The minimum absolute atomic E-state index is 0.0905. The summed E-state index contributed by atoms with van der Waals surface area (Å²) in [4.78, 5) is 0. The number of fused-ring (bicyclic) bond motifs is 4. The van der Waals surface area contributed by atoms with Gasteiger partial charge >= 0.3 is 0 Å². The molecule has 0 unspecified atom stereocenters. The second-order valence-corrected chi connectivity index (χ2v) is 14.5. The van der Waals surface area contributed by atoms with Gasteiger partial charge < -0.3 is 9.47 Å². The Bertz CT molecular complexity index is 1900. The molecule has 0 atom stereocenters. The summed E-state index contributed by atoms with van der Waals surface area (Å²) in [5, 5.41) is 15.6. The van der Waals surface area contributed by atoms with Gasteiger partial charge in [-0.15, -0.1) is 0 Å². The monoisotopic (exact) mass is 553 g/mol.